The number of hydrogen-bond acceptors (Lipinski definition) is 2. The maximum atomic E-state index is 9.52. The zero-order chi connectivity index (χ0) is 12.3. The van der Waals surface area contributed by atoms with E-state index in [4.69, 9.17) is 0 Å². The number of fused-ring (bicyclic) bond motifs is 1. The highest BCUT2D eigenvalue weighted by Crippen LogP contribution is 2.16. The van der Waals surface area contributed by atoms with Gasteiger partial charge >= 0.3 is 0 Å². The van der Waals surface area contributed by atoms with Crippen molar-refractivity contribution in [3.05, 3.63) is 42.1 Å². The van der Waals surface area contributed by atoms with Crippen LogP contribution in [-0.4, -0.2) is 15.7 Å². The van der Waals surface area contributed by atoms with E-state index in [2.05, 4.69) is 16.8 Å². The summed E-state index contributed by atoms with van der Waals surface area (Å²) in [5.74, 6) is 5.83. The molecule has 2 nitrogen and oxygen atoms in total. The first-order valence-electron chi connectivity index (χ1n) is 5.61. The molecule has 86 valence electrons. The van der Waals surface area contributed by atoms with Gasteiger partial charge in [-0.3, -0.25) is 4.98 Å². The molecule has 0 aliphatic heterocycles. The number of pyridine rings is 1. The van der Waals surface area contributed by atoms with E-state index in [1.165, 1.54) is 0 Å². The van der Waals surface area contributed by atoms with Crippen LogP contribution in [0.3, 0.4) is 0 Å². The Morgan fingerprint density at radius 3 is 2.76 bits per heavy atom. The van der Waals surface area contributed by atoms with Gasteiger partial charge in [0.15, 0.2) is 0 Å². The summed E-state index contributed by atoms with van der Waals surface area (Å²) < 4.78 is 0. The van der Waals surface area contributed by atoms with Crippen LogP contribution in [0.4, 0.5) is 0 Å². The summed E-state index contributed by atoms with van der Waals surface area (Å²) in [6.45, 7) is 3.37. The number of para-hydroxylation sites is 1. The fraction of sp³-hybridized carbons (Fsp3) is 0.267. The molecule has 1 aromatic heterocycles. The molecule has 1 heterocycles. The zero-order valence-corrected chi connectivity index (χ0v) is 10.1. The Morgan fingerprint density at radius 1 is 1.24 bits per heavy atom. The van der Waals surface area contributed by atoms with Crippen LogP contribution in [0, 0.1) is 11.8 Å². The zero-order valence-electron chi connectivity index (χ0n) is 10.1. The van der Waals surface area contributed by atoms with Crippen LogP contribution >= 0.6 is 0 Å². The third-order valence-corrected chi connectivity index (χ3v) is 2.41. The average Bonchev–Trinajstić information content (AvgIpc) is 2.28. The van der Waals surface area contributed by atoms with Crippen molar-refractivity contribution in [1.29, 1.82) is 0 Å². The van der Waals surface area contributed by atoms with E-state index in [-0.39, 0.29) is 0 Å². The molecule has 0 unspecified atom stereocenters. The second kappa shape index (κ2) is 4.57. The van der Waals surface area contributed by atoms with E-state index in [0.717, 1.165) is 16.5 Å². The van der Waals surface area contributed by atoms with Crippen LogP contribution < -0.4 is 0 Å². The van der Waals surface area contributed by atoms with Crippen LogP contribution in [0.2, 0.25) is 0 Å². The van der Waals surface area contributed by atoms with E-state index in [9.17, 15) is 5.11 Å². The fourth-order valence-electron chi connectivity index (χ4n) is 1.66. The average molecular weight is 225 g/mol. The van der Waals surface area contributed by atoms with Gasteiger partial charge in [0.1, 0.15) is 5.60 Å². The Kier molecular flexibility index (Phi) is 3.12. The summed E-state index contributed by atoms with van der Waals surface area (Å²) in [5, 5.41) is 10.6. The van der Waals surface area contributed by atoms with Gasteiger partial charge in [0, 0.05) is 18.0 Å². The molecule has 0 fully saturated rings. The monoisotopic (exact) mass is 225 g/mol. The predicted octanol–water partition coefficient (Wildman–Crippen LogP) is 2.55. The lowest BCUT2D eigenvalue weighted by atomic mass is 10.1. The van der Waals surface area contributed by atoms with Gasteiger partial charge in [0.25, 0.3) is 0 Å². The Hall–Kier alpha value is -1.85. The molecule has 1 aromatic carbocycles. The van der Waals surface area contributed by atoms with Crippen LogP contribution in [0.15, 0.2) is 36.5 Å². The smallest absolute Gasteiger partial charge is 0.119 e. The van der Waals surface area contributed by atoms with Gasteiger partial charge in [-0.1, -0.05) is 30.0 Å². The molecule has 0 saturated heterocycles. The Labute approximate surface area is 101 Å². The minimum absolute atomic E-state index is 0.632. The molecule has 0 bridgehead atoms. The molecule has 1 N–H and O–H groups in total. The lowest BCUT2D eigenvalue weighted by Gasteiger charge is -2.06. The first kappa shape index (κ1) is 11.6. The maximum absolute atomic E-state index is 9.52. The van der Waals surface area contributed by atoms with E-state index >= 15 is 0 Å². The molecule has 2 rings (SSSR count). The third kappa shape index (κ3) is 3.05. The largest absolute Gasteiger partial charge is 0.378 e. The molecule has 0 radical (unpaired) electrons. The van der Waals surface area contributed by atoms with E-state index in [1.807, 2.05) is 30.3 Å². The van der Waals surface area contributed by atoms with E-state index < -0.39 is 5.60 Å². The van der Waals surface area contributed by atoms with Crippen molar-refractivity contribution in [3.63, 3.8) is 0 Å². The topological polar surface area (TPSA) is 33.1 Å². The highest BCUT2D eigenvalue weighted by atomic mass is 16.3. The molecule has 17 heavy (non-hydrogen) atoms. The summed E-state index contributed by atoms with van der Waals surface area (Å²) in [7, 11) is 0. The normalized spacial score (nSPS) is 11.0. The van der Waals surface area contributed by atoms with Gasteiger partial charge in [-0.15, -0.1) is 0 Å². The van der Waals surface area contributed by atoms with E-state index in [0.29, 0.717) is 6.42 Å². The van der Waals surface area contributed by atoms with Crippen molar-refractivity contribution in [3.8, 4) is 11.8 Å². The summed E-state index contributed by atoms with van der Waals surface area (Å²) in [5.41, 5.74) is 1.20. The van der Waals surface area contributed by atoms with Crippen molar-refractivity contribution in [1.82, 2.24) is 4.98 Å². The van der Waals surface area contributed by atoms with Gasteiger partial charge < -0.3 is 5.11 Å². The lowest BCUT2D eigenvalue weighted by Crippen LogP contribution is -2.14. The van der Waals surface area contributed by atoms with Gasteiger partial charge in [0.05, 0.1) is 5.52 Å². The highest BCUT2D eigenvalue weighted by Gasteiger charge is 2.05. The molecule has 0 spiro atoms. The van der Waals surface area contributed by atoms with Crippen molar-refractivity contribution >= 4 is 10.9 Å². The number of hydrogen-bond donors (Lipinski definition) is 1. The first-order chi connectivity index (χ1) is 8.06. The molecular weight excluding hydrogens is 210 g/mol. The lowest BCUT2D eigenvalue weighted by molar-refractivity contribution is 0.143. The molecule has 0 saturated carbocycles. The Bertz CT molecular complexity index is 580. The van der Waals surface area contributed by atoms with Gasteiger partial charge in [-0.05, 0) is 31.5 Å². The minimum Gasteiger partial charge on any atom is -0.378 e. The van der Waals surface area contributed by atoms with Crippen LogP contribution in [0.25, 0.3) is 10.9 Å². The van der Waals surface area contributed by atoms with Crippen LogP contribution in [0.1, 0.15) is 19.4 Å². The van der Waals surface area contributed by atoms with Crippen LogP contribution in [0.5, 0.6) is 0 Å². The fourth-order valence-corrected chi connectivity index (χ4v) is 1.66. The third-order valence-electron chi connectivity index (χ3n) is 2.41. The molecule has 0 amide bonds. The second-order valence-corrected chi connectivity index (χ2v) is 4.52. The SMILES string of the molecule is CC(C)(O)C#CCc1ccnc2ccccc12. The van der Waals surface area contributed by atoms with Gasteiger partial charge in [-0.2, -0.15) is 0 Å². The van der Waals surface area contributed by atoms with Gasteiger partial charge in [-0.25, -0.2) is 0 Å². The standard InChI is InChI=1S/C15H15NO/c1-15(2,17)10-5-6-12-9-11-16-14-8-4-3-7-13(12)14/h3-4,7-9,11,17H,6H2,1-2H3. The molecule has 0 aliphatic carbocycles. The number of aromatic nitrogens is 1. The maximum Gasteiger partial charge on any atom is 0.119 e. The number of benzene rings is 1. The van der Waals surface area contributed by atoms with Crippen molar-refractivity contribution in [2.45, 2.75) is 25.9 Å². The molecular formula is C15H15NO. The molecule has 0 atom stereocenters. The number of rotatable bonds is 1. The predicted molar refractivity (Wildman–Crippen MR) is 69.5 cm³/mol. The Balaban J connectivity index is 2.33. The molecule has 2 heteroatoms. The summed E-state index contributed by atoms with van der Waals surface area (Å²) >= 11 is 0. The molecule has 2 aromatic rings. The highest BCUT2D eigenvalue weighted by molar-refractivity contribution is 5.82. The summed E-state index contributed by atoms with van der Waals surface area (Å²) in [6, 6.07) is 9.98. The number of nitrogens with zero attached hydrogens (tertiary/aromatic N) is 1. The molecule has 0 aliphatic rings. The Morgan fingerprint density at radius 2 is 2.00 bits per heavy atom. The minimum atomic E-state index is -0.928. The van der Waals surface area contributed by atoms with Crippen LogP contribution in [-0.2, 0) is 6.42 Å². The second-order valence-electron chi connectivity index (χ2n) is 4.52. The summed E-state index contributed by atoms with van der Waals surface area (Å²) in [6.07, 6.45) is 2.43. The van der Waals surface area contributed by atoms with Crippen molar-refractivity contribution in [2.24, 2.45) is 0 Å². The van der Waals surface area contributed by atoms with E-state index in [1.54, 1.807) is 20.0 Å². The first-order valence-corrected chi connectivity index (χ1v) is 5.61. The van der Waals surface area contributed by atoms with Crippen molar-refractivity contribution < 1.29 is 5.11 Å². The van der Waals surface area contributed by atoms with Crippen molar-refractivity contribution in [2.75, 3.05) is 0 Å². The quantitative estimate of drug-likeness (QED) is 0.757. The number of aliphatic hydroxyl groups is 1. The van der Waals surface area contributed by atoms with Gasteiger partial charge in [0.2, 0.25) is 0 Å². The summed E-state index contributed by atoms with van der Waals surface area (Å²) in [4.78, 5) is 4.30.